The average molecular weight is 468 g/mol. The molecule has 0 unspecified atom stereocenters. The molecule has 35 heavy (non-hydrogen) atoms. The highest BCUT2D eigenvalue weighted by Gasteiger charge is 2.28. The minimum Gasteiger partial charge on any atom is -0.497 e. The Morgan fingerprint density at radius 3 is 1.60 bits per heavy atom. The minimum atomic E-state index is -0.302. The first kappa shape index (κ1) is 23.9. The van der Waals surface area contributed by atoms with Crippen LogP contribution in [0.5, 0.6) is 17.2 Å². The van der Waals surface area contributed by atoms with Gasteiger partial charge in [-0.15, -0.1) is 0 Å². The molecule has 0 spiro atoms. The summed E-state index contributed by atoms with van der Waals surface area (Å²) in [6.45, 7) is 0.400. The number of hydrogen-bond donors (Lipinski definition) is 0. The van der Waals surface area contributed by atoms with E-state index in [4.69, 9.17) is 14.2 Å². The quantitative estimate of drug-likeness (QED) is 0.296. The minimum absolute atomic E-state index is 0.129. The van der Waals surface area contributed by atoms with Crippen molar-refractivity contribution >= 4 is 5.91 Å². The number of carbonyl (C=O) groups excluding carboxylic acids is 1. The molecule has 0 radical (unpaired) electrons. The number of rotatable bonds is 9. The molecule has 5 heteroatoms. The van der Waals surface area contributed by atoms with Crippen molar-refractivity contribution in [1.82, 2.24) is 4.90 Å². The van der Waals surface area contributed by atoms with Gasteiger partial charge in [-0.25, -0.2) is 0 Å². The van der Waals surface area contributed by atoms with Crippen LogP contribution in [0.2, 0.25) is 0 Å². The Morgan fingerprint density at radius 1 is 0.657 bits per heavy atom. The Hall–Kier alpha value is -4.25. The highest BCUT2D eigenvalue weighted by molar-refractivity contribution is 5.95. The van der Waals surface area contributed by atoms with E-state index in [0.29, 0.717) is 23.6 Å². The molecule has 0 atom stereocenters. The van der Waals surface area contributed by atoms with Crippen molar-refractivity contribution in [1.29, 1.82) is 0 Å². The molecule has 0 bridgehead atoms. The van der Waals surface area contributed by atoms with Crippen molar-refractivity contribution in [3.05, 3.63) is 125 Å². The van der Waals surface area contributed by atoms with Crippen molar-refractivity contribution < 1.29 is 19.0 Å². The van der Waals surface area contributed by atoms with E-state index in [2.05, 4.69) is 24.3 Å². The molecule has 0 heterocycles. The summed E-state index contributed by atoms with van der Waals surface area (Å²) in [5.74, 6) is 1.77. The third kappa shape index (κ3) is 5.64. The summed E-state index contributed by atoms with van der Waals surface area (Å²) in [4.78, 5) is 16.1. The number of ether oxygens (including phenoxy) is 3. The standard InChI is InChI=1S/C30H29NO4/c1-33-26-16-14-22(15-17-26)21-31(30(32)25-18-27(34-2)20-28(19-25)35-3)29(23-10-6-4-7-11-23)24-12-8-5-9-13-24/h4-20,29H,21H2,1-3H3. The lowest BCUT2D eigenvalue weighted by molar-refractivity contribution is 0.0690. The van der Waals surface area contributed by atoms with E-state index in [0.717, 1.165) is 22.4 Å². The monoisotopic (exact) mass is 467 g/mol. The number of benzene rings is 4. The maximum Gasteiger partial charge on any atom is 0.255 e. The van der Waals surface area contributed by atoms with Crippen molar-refractivity contribution in [3.63, 3.8) is 0 Å². The Morgan fingerprint density at radius 2 is 1.14 bits per heavy atom. The van der Waals surface area contributed by atoms with E-state index in [1.54, 1.807) is 39.5 Å². The normalized spacial score (nSPS) is 10.6. The summed E-state index contributed by atoms with van der Waals surface area (Å²) in [6, 6.07) is 32.9. The largest absolute Gasteiger partial charge is 0.497 e. The number of carbonyl (C=O) groups is 1. The molecule has 178 valence electrons. The zero-order valence-electron chi connectivity index (χ0n) is 20.2. The molecule has 4 aromatic rings. The fraction of sp³-hybridized carbons (Fsp3) is 0.167. The van der Waals surface area contributed by atoms with Crippen LogP contribution in [0.25, 0.3) is 0 Å². The van der Waals surface area contributed by atoms with Gasteiger partial charge >= 0.3 is 0 Å². The Labute approximate surface area is 206 Å². The molecule has 0 aliphatic carbocycles. The summed E-state index contributed by atoms with van der Waals surface area (Å²) < 4.78 is 16.2. The number of amides is 1. The summed E-state index contributed by atoms with van der Waals surface area (Å²) in [7, 11) is 4.80. The summed E-state index contributed by atoms with van der Waals surface area (Å²) >= 11 is 0. The van der Waals surface area contributed by atoms with E-state index in [1.165, 1.54) is 0 Å². The van der Waals surface area contributed by atoms with Gasteiger partial charge in [-0.3, -0.25) is 4.79 Å². The molecule has 0 aliphatic rings. The zero-order chi connectivity index (χ0) is 24.6. The molecule has 0 saturated heterocycles. The van der Waals surface area contributed by atoms with Crippen LogP contribution in [-0.4, -0.2) is 32.1 Å². The predicted octanol–water partition coefficient (Wildman–Crippen LogP) is 6.14. The van der Waals surface area contributed by atoms with E-state index in [-0.39, 0.29) is 11.9 Å². The van der Waals surface area contributed by atoms with Gasteiger partial charge in [-0.1, -0.05) is 72.8 Å². The second kappa shape index (κ2) is 11.3. The van der Waals surface area contributed by atoms with Gasteiger partial charge in [0.25, 0.3) is 5.91 Å². The van der Waals surface area contributed by atoms with Gasteiger partial charge in [0.2, 0.25) is 0 Å². The third-order valence-corrected chi connectivity index (χ3v) is 5.91. The van der Waals surface area contributed by atoms with Gasteiger partial charge in [0, 0.05) is 18.2 Å². The van der Waals surface area contributed by atoms with Crippen LogP contribution >= 0.6 is 0 Å². The van der Waals surface area contributed by atoms with Gasteiger partial charge in [0.15, 0.2) is 0 Å². The van der Waals surface area contributed by atoms with Crippen molar-refractivity contribution in [3.8, 4) is 17.2 Å². The van der Waals surface area contributed by atoms with Crippen LogP contribution in [0, 0.1) is 0 Å². The molecule has 0 saturated carbocycles. The first-order valence-corrected chi connectivity index (χ1v) is 11.4. The summed E-state index contributed by atoms with van der Waals surface area (Å²) in [6.07, 6.45) is 0. The van der Waals surface area contributed by atoms with Crippen LogP contribution in [0.1, 0.15) is 33.1 Å². The van der Waals surface area contributed by atoms with Gasteiger partial charge in [0.1, 0.15) is 17.2 Å². The molecular formula is C30H29NO4. The topological polar surface area (TPSA) is 48.0 Å². The molecule has 0 fully saturated rings. The van der Waals surface area contributed by atoms with Crippen LogP contribution in [0.4, 0.5) is 0 Å². The molecular weight excluding hydrogens is 438 g/mol. The number of hydrogen-bond acceptors (Lipinski definition) is 4. The first-order chi connectivity index (χ1) is 17.1. The van der Waals surface area contributed by atoms with Crippen LogP contribution in [0.15, 0.2) is 103 Å². The molecule has 1 amide bonds. The zero-order valence-corrected chi connectivity index (χ0v) is 20.2. The van der Waals surface area contributed by atoms with Crippen LogP contribution in [0.3, 0.4) is 0 Å². The molecule has 0 aliphatic heterocycles. The lowest BCUT2D eigenvalue weighted by atomic mass is 9.95. The Bertz CT molecular complexity index is 1180. The van der Waals surface area contributed by atoms with Crippen LogP contribution < -0.4 is 14.2 Å². The van der Waals surface area contributed by atoms with E-state index in [9.17, 15) is 4.79 Å². The van der Waals surface area contributed by atoms with Crippen LogP contribution in [-0.2, 0) is 6.54 Å². The highest BCUT2D eigenvalue weighted by atomic mass is 16.5. The lowest BCUT2D eigenvalue weighted by Gasteiger charge is -2.33. The maximum atomic E-state index is 14.2. The molecule has 0 aromatic heterocycles. The molecule has 0 N–H and O–H groups in total. The molecule has 4 aromatic carbocycles. The van der Waals surface area contributed by atoms with Gasteiger partial charge in [0.05, 0.1) is 27.4 Å². The fourth-order valence-electron chi connectivity index (χ4n) is 4.13. The molecule has 4 rings (SSSR count). The summed E-state index contributed by atoms with van der Waals surface area (Å²) in [5.41, 5.74) is 3.53. The third-order valence-electron chi connectivity index (χ3n) is 5.91. The lowest BCUT2D eigenvalue weighted by Crippen LogP contribution is -2.35. The average Bonchev–Trinajstić information content (AvgIpc) is 2.93. The van der Waals surface area contributed by atoms with Gasteiger partial charge in [-0.2, -0.15) is 0 Å². The van der Waals surface area contributed by atoms with Gasteiger partial charge < -0.3 is 19.1 Å². The predicted molar refractivity (Wildman–Crippen MR) is 137 cm³/mol. The maximum absolute atomic E-state index is 14.2. The number of methoxy groups -OCH3 is 3. The van der Waals surface area contributed by atoms with E-state index in [1.807, 2.05) is 65.6 Å². The first-order valence-electron chi connectivity index (χ1n) is 11.4. The number of nitrogens with zero attached hydrogens (tertiary/aromatic N) is 1. The second-order valence-corrected chi connectivity index (χ2v) is 8.11. The fourth-order valence-corrected chi connectivity index (χ4v) is 4.13. The highest BCUT2D eigenvalue weighted by Crippen LogP contribution is 2.33. The van der Waals surface area contributed by atoms with Gasteiger partial charge in [-0.05, 0) is 41.0 Å². The van der Waals surface area contributed by atoms with E-state index < -0.39 is 0 Å². The Balaban J connectivity index is 1.84. The Kier molecular flexibility index (Phi) is 7.68. The van der Waals surface area contributed by atoms with Crippen molar-refractivity contribution in [2.24, 2.45) is 0 Å². The summed E-state index contributed by atoms with van der Waals surface area (Å²) in [5, 5.41) is 0. The second-order valence-electron chi connectivity index (χ2n) is 8.11. The van der Waals surface area contributed by atoms with Crippen molar-refractivity contribution in [2.45, 2.75) is 12.6 Å². The molecule has 5 nitrogen and oxygen atoms in total. The van der Waals surface area contributed by atoms with Crippen molar-refractivity contribution in [2.75, 3.05) is 21.3 Å². The smallest absolute Gasteiger partial charge is 0.255 e. The SMILES string of the molecule is COc1ccc(CN(C(=O)c2cc(OC)cc(OC)c2)C(c2ccccc2)c2ccccc2)cc1. The van der Waals surface area contributed by atoms with E-state index >= 15 is 0 Å².